The number of benzene rings is 1. The summed E-state index contributed by atoms with van der Waals surface area (Å²) in [5.74, 6) is 0.812. The predicted molar refractivity (Wildman–Crippen MR) is 74.5 cm³/mol. The lowest BCUT2D eigenvalue weighted by molar-refractivity contribution is 0.397. The zero-order chi connectivity index (χ0) is 13.0. The Morgan fingerprint density at radius 3 is 2.61 bits per heavy atom. The highest BCUT2D eigenvalue weighted by Crippen LogP contribution is 2.26. The van der Waals surface area contributed by atoms with Crippen molar-refractivity contribution in [3.63, 3.8) is 0 Å². The Morgan fingerprint density at radius 2 is 2.00 bits per heavy atom. The van der Waals surface area contributed by atoms with Crippen molar-refractivity contribution in [3.05, 3.63) is 24.3 Å². The summed E-state index contributed by atoms with van der Waals surface area (Å²) in [7, 11) is 2.73. The normalized spacial score (nSPS) is 25.7. The minimum Gasteiger partial charge on any atom is -0.497 e. The number of rotatable bonds is 4. The van der Waals surface area contributed by atoms with Gasteiger partial charge in [-0.2, -0.15) is 0 Å². The molecule has 1 N–H and O–H groups in total. The van der Waals surface area contributed by atoms with Crippen LogP contribution in [0.4, 0.5) is 0 Å². The molecule has 1 aliphatic rings. The second-order valence-electron chi connectivity index (χ2n) is 4.75. The lowest BCUT2D eigenvalue weighted by atomic mass is 9.95. The molecule has 0 aliphatic heterocycles. The van der Waals surface area contributed by atoms with E-state index in [0.717, 1.165) is 29.9 Å². The van der Waals surface area contributed by atoms with Gasteiger partial charge in [0.25, 0.3) is 0 Å². The number of nitrogens with one attached hydrogen (secondary N) is 1. The van der Waals surface area contributed by atoms with Gasteiger partial charge in [0.05, 0.1) is 17.9 Å². The third kappa shape index (κ3) is 3.12. The summed E-state index contributed by atoms with van der Waals surface area (Å²) in [6.07, 6.45) is 4.44. The smallest absolute Gasteiger partial charge is 0.118 e. The van der Waals surface area contributed by atoms with Gasteiger partial charge >= 0.3 is 0 Å². The van der Waals surface area contributed by atoms with Crippen LogP contribution in [0.15, 0.2) is 29.2 Å². The van der Waals surface area contributed by atoms with Crippen LogP contribution in [-0.4, -0.2) is 29.7 Å². The third-order valence-electron chi connectivity index (χ3n) is 3.63. The molecule has 3 atom stereocenters. The predicted octanol–water partition coefficient (Wildman–Crippen LogP) is 2.33. The Kier molecular flexibility index (Phi) is 4.78. The van der Waals surface area contributed by atoms with Crippen LogP contribution in [0, 0.1) is 0 Å². The highest BCUT2D eigenvalue weighted by molar-refractivity contribution is 7.85. The number of hydrogen-bond acceptors (Lipinski definition) is 3. The average molecular weight is 267 g/mol. The van der Waals surface area contributed by atoms with Crippen LogP contribution in [0.3, 0.4) is 0 Å². The second kappa shape index (κ2) is 6.34. The molecule has 0 amide bonds. The van der Waals surface area contributed by atoms with E-state index in [-0.39, 0.29) is 5.25 Å². The topological polar surface area (TPSA) is 38.3 Å². The van der Waals surface area contributed by atoms with Gasteiger partial charge in [-0.1, -0.05) is 6.42 Å². The van der Waals surface area contributed by atoms with Crippen molar-refractivity contribution >= 4 is 10.8 Å². The Labute approximate surface area is 111 Å². The monoisotopic (exact) mass is 267 g/mol. The fraction of sp³-hybridized carbons (Fsp3) is 0.571. The lowest BCUT2D eigenvalue weighted by Crippen LogP contribution is -2.35. The SMILES string of the molecule is CNC1CCCC(S(=O)c2ccc(OC)cc2)C1. The Balaban J connectivity index is 2.05. The summed E-state index contributed by atoms with van der Waals surface area (Å²) in [5, 5.41) is 3.59. The van der Waals surface area contributed by atoms with Crippen LogP contribution in [0.25, 0.3) is 0 Å². The molecule has 0 saturated heterocycles. The van der Waals surface area contributed by atoms with Gasteiger partial charge in [-0.25, -0.2) is 0 Å². The molecule has 0 bridgehead atoms. The van der Waals surface area contributed by atoms with E-state index in [1.807, 2.05) is 31.3 Å². The van der Waals surface area contributed by atoms with Crippen molar-refractivity contribution in [2.24, 2.45) is 0 Å². The first-order chi connectivity index (χ1) is 8.74. The highest BCUT2D eigenvalue weighted by Gasteiger charge is 2.26. The number of hydrogen-bond donors (Lipinski definition) is 1. The maximum atomic E-state index is 12.5. The molecule has 1 fully saturated rings. The van der Waals surface area contributed by atoms with E-state index in [9.17, 15) is 4.21 Å². The Bertz CT molecular complexity index is 405. The summed E-state index contributed by atoms with van der Waals surface area (Å²) in [6.45, 7) is 0. The zero-order valence-electron chi connectivity index (χ0n) is 11.0. The molecular formula is C14H21NO2S. The van der Waals surface area contributed by atoms with Gasteiger partial charge < -0.3 is 10.1 Å². The van der Waals surface area contributed by atoms with E-state index in [0.29, 0.717) is 6.04 Å². The molecule has 1 aliphatic carbocycles. The molecule has 4 heteroatoms. The molecule has 3 unspecified atom stereocenters. The van der Waals surface area contributed by atoms with Gasteiger partial charge in [0.2, 0.25) is 0 Å². The van der Waals surface area contributed by atoms with Crippen molar-refractivity contribution in [1.29, 1.82) is 0 Å². The van der Waals surface area contributed by atoms with Gasteiger partial charge in [0.15, 0.2) is 0 Å². The largest absolute Gasteiger partial charge is 0.497 e. The van der Waals surface area contributed by atoms with Gasteiger partial charge in [-0.05, 0) is 50.6 Å². The number of methoxy groups -OCH3 is 1. The van der Waals surface area contributed by atoms with Crippen LogP contribution in [0.2, 0.25) is 0 Å². The maximum Gasteiger partial charge on any atom is 0.118 e. The molecule has 0 radical (unpaired) electrons. The van der Waals surface area contributed by atoms with E-state index in [2.05, 4.69) is 5.32 Å². The first-order valence-corrected chi connectivity index (χ1v) is 7.67. The summed E-state index contributed by atoms with van der Waals surface area (Å²) >= 11 is 0. The fourth-order valence-corrected chi connectivity index (χ4v) is 4.08. The van der Waals surface area contributed by atoms with Crippen LogP contribution < -0.4 is 10.1 Å². The molecule has 1 aromatic carbocycles. The van der Waals surface area contributed by atoms with Crippen LogP contribution >= 0.6 is 0 Å². The van der Waals surface area contributed by atoms with E-state index in [4.69, 9.17) is 4.74 Å². The first-order valence-electron chi connectivity index (χ1n) is 6.46. The molecule has 0 aromatic heterocycles. The van der Waals surface area contributed by atoms with E-state index in [1.54, 1.807) is 7.11 Å². The molecule has 0 heterocycles. The summed E-state index contributed by atoms with van der Waals surface area (Å²) in [5.41, 5.74) is 0. The second-order valence-corrected chi connectivity index (χ2v) is 6.48. The zero-order valence-corrected chi connectivity index (χ0v) is 11.8. The van der Waals surface area contributed by atoms with Crippen molar-refractivity contribution < 1.29 is 8.95 Å². The van der Waals surface area contributed by atoms with Crippen molar-refractivity contribution in [2.75, 3.05) is 14.2 Å². The molecule has 18 heavy (non-hydrogen) atoms. The van der Waals surface area contributed by atoms with Crippen LogP contribution in [-0.2, 0) is 10.8 Å². The molecular weight excluding hydrogens is 246 g/mol. The van der Waals surface area contributed by atoms with E-state index >= 15 is 0 Å². The van der Waals surface area contributed by atoms with Gasteiger partial charge in [-0.3, -0.25) is 4.21 Å². The summed E-state index contributed by atoms with van der Waals surface area (Å²) in [6, 6.07) is 8.11. The Hall–Kier alpha value is -0.870. The van der Waals surface area contributed by atoms with Gasteiger partial charge in [-0.15, -0.1) is 0 Å². The van der Waals surface area contributed by atoms with Gasteiger partial charge in [0.1, 0.15) is 5.75 Å². The van der Waals surface area contributed by atoms with Crippen molar-refractivity contribution in [1.82, 2.24) is 5.32 Å². The quantitative estimate of drug-likeness (QED) is 0.910. The fourth-order valence-electron chi connectivity index (χ4n) is 2.50. The molecule has 0 spiro atoms. The molecule has 2 rings (SSSR count). The number of ether oxygens (including phenoxy) is 1. The maximum absolute atomic E-state index is 12.5. The first kappa shape index (κ1) is 13.6. The molecule has 100 valence electrons. The molecule has 3 nitrogen and oxygen atoms in total. The van der Waals surface area contributed by atoms with Crippen LogP contribution in [0.1, 0.15) is 25.7 Å². The standard InChI is InChI=1S/C14H21NO2S/c1-15-11-4-3-5-14(10-11)18(16)13-8-6-12(17-2)7-9-13/h6-9,11,14-15H,3-5,10H2,1-2H3. The van der Waals surface area contributed by atoms with Crippen LogP contribution in [0.5, 0.6) is 5.75 Å². The molecule has 1 saturated carbocycles. The van der Waals surface area contributed by atoms with Crippen molar-refractivity contribution in [3.8, 4) is 5.75 Å². The van der Waals surface area contributed by atoms with Crippen molar-refractivity contribution in [2.45, 2.75) is 41.9 Å². The Morgan fingerprint density at radius 1 is 1.28 bits per heavy atom. The molecule has 1 aromatic rings. The lowest BCUT2D eigenvalue weighted by Gasteiger charge is -2.28. The van der Waals surface area contributed by atoms with E-state index in [1.165, 1.54) is 6.42 Å². The summed E-state index contributed by atoms with van der Waals surface area (Å²) in [4.78, 5) is 0.914. The van der Waals surface area contributed by atoms with E-state index < -0.39 is 10.8 Å². The minimum absolute atomic E-state index is 0.282. The third-order valence-corrected chi connectivity index (χ3v) is 5.40. The minimum atomic E-state index is -0.898. The highest BCUT2D eigenvalue weighted by atomic mass is 32.2. The average Bonchev–Trinajstić information content (AvgIpc) is 2.46. The summed E-state index contributed by atoms with van der Waals surface area (Å²) < 4.78 is 17.6. The van der Waals surface area contributed by atoms with Gasteiger partial charge in [0, 0.05) is 16.2 Å².